The van der Waals surface area contributed by atoms with Crippen molar-refractivity contribution in [3.8, 4) is 0 Å². The predicted octanol–water partition coefficient (Wildman–Crippen LogP) is 6.05. The van der Waals surface area contributed by atoms with Gasteiger partial charge in [0.15, 0.2) is 5.78 Å². The molecule has 0 radical (unpaired) electrons. The van der Waals surface area contributed by atoms with Crippen LogP contribution < -0.4 is 0 Å². The minimum Gasteiger partial charge on any atom is -0.446 e. The van der Waals surface area contributed by atoms with Gasteiger partial charge in [0.25, 0.3) is 5.91 Å². The summed E-state index contributed by atoms with van der Waals surface area (Å²) in [6.45, 7) is 8.25. The predicted molar refractivity (Wildman–Crippen MR) is 139 cm³/mol. The molecule has 0 saturated carbocycles. The molecule has 1 fully saturated rings. The Bertz CT molecular complexity index is 869. The van der Waals surface area contributed by atoms with E-state index in [9.17, 15) is 14.4 Å². The van der Waals surface area contributed by atoms with Gasteiger partial charge in [-0.2, -0.15) is 0 Å². The summed E-state index contributed by atoms with van der Waals surface area (Å²) < 4.78 is 5.78. The quantitative estimate of drug-likeness (QED) is 0.507. The second-order valence-corrected chi connectivity index (χ2v) is 9.28. The molecule has 3 rings (SSSR count). The van der Waals surface area contributed by atoms with Crippen LogP contribution in [0.4, 0.5) is 4.79 Å². The second kappa shape index (κ2) is 14.7. The van der Waals surface area contributed by atoms with Crippen LogP contribution in [-0.4, -0.2) is 59.4 Å². The van der Waals surface area contributed by atoms with Crippen LogP contribution in [0.5, 0.6) is 0 Å². The van der Waals surface area contributed by atoms with Crippen LogP contribution in [0, 0.1) is 0 Å². The van der Waals surface area contributed by atoms with Gasteiger partial charge in [-0.25, -0.2) is 4.79 Å². The number of amides is 2. The van der Waals surface area contributed by atoms with Crippen molar-refractivity contribution >= 4 is 29.5 Å². The van der Waals surface area contributed by atoms with Gasteiger partial charge >= 0.3 is 6.09 Å². The zero-order valence-corrected chi connectivity index (χ0v) is 21.7. The van der Waals surface area contributed by atoms with Crippen molar-refractivity contribution < 1.29 is 19.1 Å². The first-order chi connectivity index (χ1) is 16.5. The lowest BCUT2D eigenvalue weighted by Gasteiger charge is -2.34. The van der Waals surface area contributed by atoms with E-state index in [0.29, 0.717) is 31.4 Å². The minimum absolute atomic E-state index is 0.00819. The number of benzene rings is 1. The highest BCUT2D eigenvalue weighted by Gasteiger charge is 2.30. The summed E-state index contributed by atoms with van der Waals surface area (Å²) in [7, 11) is 0. The van der Waals surface area contributed by atoms with Gasteiger partial charge in [-0.1, -0.05) is 51.1 Å². The van der Waals surface area contributed by atoms with Crippen molar-refractivity contribution in [2.45, 2.75) is 71.9 Å². The molecule has 2 aliphatic heterocycles. The van der Waals surface area contributed by atoms with E-state index in [0.717, 1.165) is 12.8 Å². The van der Waals surface area contributed by atoms with E-state index in [1.165, 1.54) is 9.81 Å². The summed E-state index contributed by atoms with van der Waals surface area (Å²) in [5.41, 5.74) is 0.565. The Kier molecular flexibility index (Phi) is 11.9. The standard InChI is InChI=1S/C25H32N2O4S.C2H6/c1-3-22(16-23-12-8-5-9-15-32-23)31-25(30)26-14-13-19(2)27(18-21(28)17-26)24(29)20-10-6-4-7-11-20;1-2/h4,6-7,9-12,15,19,22H,3,5,8,13-14,16-18H2,1-2H3;1-2H3. The van der Waals surface area contributed by atoms with Crippen LogP contribution in [0.1, 0.15) is 70.2 Å². The summed E-state index contributed by atoms with van der Waals surface area (Å²) in [6.07, 6.45) is 7.71. The Labute approximate surface area is 208 Å². The zero-order chi connectivity index (χ0) is 24.9. The third-order valence-electron chi connectivity index (χ3n) is 5.78. The molecular weight excluding hydrogens is 448 g/mol. The van der Waals surface area contributed by atoms with Gasteiger partial charge in [-0.05, 0) is 55.1 Å². The average Bonchev–Trinajstić information content (AvgIpc) is 3.13. The SMILES string of the molecule is CC.CCC(CC1=CCCC=CS1)OC(=O)N1CCC(C)N(C(=O)c2ccccc2)CC(=O)C1. The number of carbonyl (C=O) groups excluding carboxylic acids is 3. The van der Waals surface area contributed by atoms with Crippen LogP contribution in [0.2, 0.25) is 0 Å². The molecule has 6 nitrogen and oxygen atoms in total. The topological polar surface area (TPSA) is 66.9 Å². The zero-order valence-electron chi connectivity index (χ0n) is 20.9. The van der Waals surface area contributed by atoms with Crippen LogP contribution in [-0.2, 0) is 9.53 Å². The first-order valence-corrected chi connectivity index (χ1v) is 13.2. The van der Waals surface area contributed by atoms with E-state index in [2.05, 4.69) is 17.6 Å². The van der Waals surface area contributed by atoms with Crippen LogP contribution >= 0.6 is 11.8 Å². The Morgan fingerprint density at radius 1 is 1.15 bits per heavy atom. The Morgan fingerprint density at radius 2 is 1.88 bits per heavy atom. The maximum atomic E-state index is 12.9. The lowest BCUT2D eigenvalue weighted by molar-refractivity contribution is -0.122. The Balaban J connectivity index is 0.00000199. The van der Waals surface area contributed by atoms with Crippen molar-refractivity contribution in [2.24, 2.45) is 0 Å². The average molecular weight is 487 g/mol. The maximum Gasteiger partial charge on any atom is 0.410 e. The van der Waals surface area contributed by atoms with Crippen LogP contribution in [0.3, 0.4) is 0 Å². The van der Waals surface area contributed by atoms with Crippen LogP contribution in [0.25, 0.3) is 0 Å². The fraction of sp³-hybridized carbons (Fsp3) is 0.519. The van der Waals surface area contributed by atoms with Crippen LogP contribution in [0.15, 0.2) is 52.8 Å². The number of ketones is 1. The van der Waals surface area contributed by atoms with E-state index >= 15 is 0 Å². The molecule has 0 bridgehead atoms. The Hall–Kier alpha value is -2.54. The highest BCUT2D eigenvalue weighted by atomic mass is 32.2. The molecule has 0 aliphatic carbocycles. The van der Waals surface area contributed by atoms with Crippen molar-refractivity contribution in [1.29, 1.82) is 0 Å². The van der Waals surface area contributed by atoms with Crippen molar-refractivity contribution in [3.05, 3.63) is 58.4 Å². The first kappa shape index (κ1) is 27.7. The molecule has 0 N–H and O–H groups in total. The molecule has 34 heavy (non-hydrogen) atoms. The number of ether oxygens (including phenoxy) is 1. The fourth-order valence-corrected chi connectivity index (χ4v) is 4.70. The summed E-state index contributed by atoms with van der Waals surface area (Å²) in [5, 5.41) is 2.09. The number of hydrogen-bond acceptors (Lipinski definition) is 5. The maximum absolute atomic E-state index is 12.9. The van der Waals surface area contributed by atoms with Gasteiger partial charge < -0.3 is 14.5 Å². The van der Waals surface area contributed by atoms with E-state index in [1.807, 2.05) is 45.9 Å². The van der Waals surface area contributed by atoms with Gasteiger partial charge in [-0.15, -0.1) is 11.8 Å². The molecule has 2 amide bonds. The number of hydrogen-bond donors (Lipinski definition) is 0. The van der Waals surface area contributed by atoms with E-state index < -0.39 is 6.09 Å². The van der Waals surface area contributed by atoms with Gasteiger partial charge in [0.1, 0.15) is 6.10 Å². The molecule has 7 heteroatoms. The molecule has 186 valence electrons. The molecule has 2 heterocycles. The van der Waals surface area contributed by atoms with Crippen molar-refractivity contribution in [2.75, 3.05) is 19.6 Å². The molecule has 0 aromatic heterocycles. The number of thioether (sulfide) groups is 1. The third-order valence-corrected chi connectivity index (χ3v) is 6.74. The number of carbonyl (C=O) groups is 3. The molecule has 2 unspecified atom stereocenters. The number of allylic oxidation sites excluding steroid dienone is 2. The molecule has 1 aromatic carbocycles. The molecule has 2 aliphatic rings. The third kappa shape index (κ3) is 8.35. The normalized spacial score (nSPS) is 19.6. The monoisotopic (exact) mass is 486 g/mol. The molecule has 1 aromatic rings. The lowest BCUT2D eigenvalue weighted by atomic mass is 10.1. The smallest absolute Gasteiger partial charge is 0.410 e. The summed E-state index contributed by atoms with van der Waals surface area (Å²) in [4.78, 5) is 42.8. The van der Waals surface area contributed by atoms with E-state index in [4.69, 9.17) is 4.74 Å². The number of nitrogens with zero attached hydrogens (tertiary/aromatic N) is 2. The Morgan fingerprint density at radius 3 is 2.59 bits per heavy atom. The number of Topliss-reactive ketones (excluding diaryl/α,β-unsaturated/α-hetero) is 1. The largest absolute Gasteiger partial charge is 0.446 e. The number of rotatable bonds is 5. The summed E-state index contributed by atoms with van der Waals surface area (Å²) in [5.74, 6) is -0.324. The highest BCUT2D eigenvalue weighted by molar-refractivity contribution is 8.05. The summed E-state index contributed by atoms with van der Waals surface area (Å²) >= 11 is 1.68. The molecule has 1 saturated heterocycles. The fourth-order valence-electron chi connectivity index (χ4n) is 3.80. The molecule has 2 atom stereocenters. The van der Waals surface area contributed by atoms with Gasteiger partial charge in [0.2, 0.25) is 0 Å². The summed E-state index contributed by atoms with van der Waals surface area (Å²) in [6, 6.07) is 8.82. The first-order valence-electron chi connectivity index (χ1n) is 12.3. The van der Waals surface area contributed by atoms with E-state index in [1.54, 1.807) is 28.8 Å². The van der Waals surface area contributed by atoms with Crippen molar-refractivity contribution in [3.63, 3.8) is 0 Å². The van der Waals surface area contributed by atoms with Gasteiger partial charge in [-0.3, -0.25) is 9.59 Å². The van der Waals surface area contributed by atoms with E-state index in [-0.39, 0.29) is 36.9 Å². The highest BCUT2D eigenvalue weighted by Crippen LogP contribution is 2.28. The second-order valence-electron chi connectivity index (χ2n) is 8.25. The molecular formula is C27H38N2O4S. The van der Waals surface area contributed by atoms with Gasteiger partial charge in [0.05, 0.1) is 13.1 Å². The van der Waals surface area contributed by atoms with Crippen molar-refractivity contribution in [1.82, 2.24) is 9.80 Å². The minimum atomic E-state index is -0.449. The molecule has 0 spiro atoms. The van der Waals surface area contributed by atoms with Gasteiger partial charge in [0, 0.05) is 24.6 Å². The lowest BCUT2D eigenvalue weighted by Crippen LogP contribution is -2.50.